The van der Waals surface area contributed by atoms with Crippen LogP contribution in [0.5, 0.6) is 0 Å². The quantitative estimate of drug-likeness (QED) is 0.396. The van der Waals surface area contributed by atoms with Gasteiger partial charge in [-0.3, -0.25) is 0 Å². The second kappa shape index (κ2) is 6.20. The minimum Gasteiger partial charge on any atom is -0.0612 e. The van der Waals surface area contributed by atoms with E-state index in [2.05, 4.69) is 0 Å². The molecule has 0 aromatic heterocycles. The Labute approximate surface area is 153 Å². The van der Waals surface area contributed by atoms with E-state index in [1.54, 1.807) is 77.0 Å². The fraction of sp³-hybridized carbons (Fsp3) is 1.00. The Balaban J connectivity index is 1.65. The summed E-state index contributed by atoms with van der Waals surface area (Å²) in [6, 6.07) is 15.4. The summed E-state index contributed by atoms with van der Waals surface area (Å²) in [7, 11) is -3.00. The molecule has 0 nitrogen and oxygen atoms in total. The first-order valence-electron chi connectivity index (χ1n) is 11.8. The van der Waals surface area contributed by atoms with Crippen LogP contribution in [-0.4, -0.2) is 28.4 Å². The van der Waals surface area contributed by atoms with Crippen molar-refractivity contribution in [2.24, 2.45) is 0 Å². The molecule has 24 heavy (non-hydrogen) atoms. The third kappa shape index (κ3) is 1.85. The fourth-order valence-corrected chi connectivity index (χ4v) is 163. The average molecular weight is 393 g/mol. The van der Waals surface area contributed by atoms with Crippen molar-refractivity contribution in [1.29, 1.82) is 0 Å². The topological polar surface area (TPSA) is 0 Å². The Bertz CT molecular complexity index is 360. The summed E-state index contributed by atoms with van der Waals surface area (Å²) in [6.45, 7) is 0. The van der Waals surface area contributed by atoms with E-state index in [9.17, 15) is 0 Å². The van der Waals surface area contributed by atoms with Gasteiger partial charge in [0.25, 0.3) is 0 Å². The molecular formula is C20H40Si4. The van der Waals surface area contributed by atoms with Crippen LogP contribution in [0.4, 0.5) is 0 Å². The number of rotatable bonds is 0. The summed E-state index contributed by atoms with van der Waals surface area (Å²) in [6.07, 6.45) is 20.3. The minimum absolute atomic E-state index is 0.749. The first-order chi connectivity index (χ1) is 11.8. The molecule has 5 aliphatic heterocycles. The van der Waals surface area contributed by atoms with Gasteiger partial charge in [-0.1, -0.05) is 125 Å². The maximum Gasteiger partial charge on any atom is 0.0378 e. The van der Waals surface area contributed by atoms with Crippen LogP contribution in [0.1, 0.15) is 77.0 Å². The van der Waals surface area contributed by atoms with Gasteiger partial charge in [-0.25, -0.2) is 0 Å². The number of hydrogen-bond acceptors (Lipinski definition) is 0. The van der Waals surface area contributed by atoms with Crippen molar-refractivity contribution in [3.63, 3.8) is 0 Å². The fourth-order valence-electron chi connectivity index (χ4n) is 10.2. The Morgan fingerprint density at radius 3 is 0.542 bits per heavy atom. The number of fused-ring (bicyclic) bond motifs is 4. The molecule has 4 heteroatoms. The Morgan fingerprint density at radius 2 is 0.375 bits per heavy atom. The molecule has 5 heterocycles. The zero-order valence-corrected chi connectivity index (χ0v) is 20.1. The molecule has 0 amide bonds. The van der Waals surface area contributed by atoms with Crippen LogP contribution in [0.15, 0.2) is 0 Å². The molecular weight excluding hydrogens is 353 g/mol. The molecule has 0 atom stereocenters. The van der Waals surface area contributed by atoms with Crippen molar-refractivity contribution >= 4 is 28.4 Å². The van der Waals surface area contributed by atoms with Crippen LogP contribution in [0.3, 0.4) is 0 Å². The van der Waals surface area contributed by atoms with Crippen molar-refractivity contribution < 1.29 is 0 Å². The van der Waals surface area contributed by atoms with Gasteiger partial charge < -0.3 is 0 Å². The second-order valence-electron chi connectivity index (χ2n) is 10.6. The first-order valence-corrected chi connectivity index (χ1v) is 25.5. The lowest BCUT2D eigenvalue weighted by Gasteiger charge is -2.83. The molecule has 0 aromatic carbocycles. The Kier molecular flexibility index (Phi) is 4.39. The summed E-state index contributed by atoms with van der Waals surface area (Å²) in [5, 5.41) is 0. The van der Waals surface area contributed by atoms with Crippen LogP contribution in [0.2, 0.25) is 48.4 Å². The minimum atomic E-state index is -0.749. The zero-order chi connectivity index (χ0) is 16.1. The molecule has 0 aliphatic carbocycles. The van der Waals surface area contributed by atoms with Gasteiger partial charge in [0.1, 0.15) is 0 Å². The summed E-state index contributed by atoms with van der Waals surface area (Å²) >= 11 is 0. The molecule has 0 radical (unpaired) electrons. The first kappa shape index (κ1) is 17.0. The SMILES string of the molecule is C1CC[Si]2(CC1)[Si]1(CCCCC1)[Si]1(CCCCC1)[Si]21CCCCC1. The van der Waals surface area contributed by atoms with Crippen molar-refractivity contribution in [3.05, 3.63) is 0 Å². The highest BCUT2D eigenvalue weighted by Gasteiger charge is 2.86. The van der Waals surface area contributed by atoms with Crippen molar-refractivity contribution in [1.82, 2.24) is 0 Å². The zero-order valence-electron chi connectivity index (χ0n) is 16.1. The molecule has 5 aliphatic rings. The molecule has 0 saturated carbocycles. The standard InChI is InChI=1S/C20H40Si4/c1-5-13-21(14-6-1)22(15-7-2-8-16-22)24(19-11-4-12-20-24)23(21)17-9-3-10-18-23/h1-20H2. The molecule has 136 valence electrons. The van der Waals surface area contributed by atoms with Crippen LogP contribution in [-0.2, 0) is 0 Å². The lowest BCUT2D eigenvalue weighted by molar-refractivity contribution is 0.677. The van der Waals surface area contributed by atoms with Crippen LogP contribution >= 0.6 is 0 Å². The molecule has 5 rings (SSSR count). The van der Waals surface area contributed by atoms with E-state index in [0.717, 1.165) is 0 Å². The third-order valence-corrected chi connectivity index (χ3v) is 105. The van der Waals surface area contributed by atoms with Gasteiger partial charge in [0.2, 0.25) is 0 Å². The van der Waals surface area contributed by atoms with E-state index in [1.807, 2.05) is 48.4 Å². The molecule has 0 bridgehead atoms. The van der Waals surface area contributed by atoms with Crippen molar-refractivity contribution in [2.75, 3.05) is 0 Å². The average Bonchev–Trinajstić information content (AvgIpc) is 2.70. The molecule has 0 N–H and O–H groups in total. The second-order valence-corrected chi connectivity index (χ2v) is 52.2. The molecule has 4 spiro atoms. The van der Waals surface area contributed by atoms with E-state index in [1.165, 1.54) is 0 Å². The third-order valence-electron chi connectivity index (χ3n) is 10.5. The lowest BCUT2D eigenvalue weighted by Crippen LogP contribution is -3.07. The predicted octanol–water partition coefficient (Wildman–Crippen LogP) is 6.84. The van der Waals surface area contributed by atoms with E-state index in [-0.39, 0.29) is 0 Å². The lowest BCUT2D eigenvalue weighted by atomic mass is 10.3. The van der Waals surface area contributed by atoms with Gasteiger partial charge in [0, 0.05) is 28.4 Å². The van der Waals surface area contributed by atoms with Gasteiger partial charge >= 0.3 is 0 Å². The predicted molar refractivity (Wildman–Crippen MR) is 117 cm³/mol. The monoisotopic (exact) mass is 392 g/mol. The van der Waals surface area contributed by atoms with Gasteiger partial charge in [-0.2, -0.15) is 0 Å². The van der Waals surface area contributed by atoms with Crippen molar-refractivity contribution in [3.8, 4) is 0 Å². The van der Waals surface area contributed by atoms with Crippen LogP contribution in [0, 0.1) is 0 Å². The molecule has 5 fully saturated rings. The summed E-state index contributed by atoms with van der Waals surface area (Å²) < 4.78 is 0. The summed E-state index contributed by atoms with van der Waals surface area (Å²) in [5.74, 6) is 0. The highest BCUT2D eigenvalue weighted by atomic mass is 30.2. The maximum atomic E-state index is 1.93. The van der Waals surface area contributed by atoms with Crippen LogP contribution in [0.25, 0.3) is 0 Å². The largest absolute Gasteiger partial charge is 0.0612 e. The highest BCUT2D eigenvalue weighted by Crippen LogP contribution is 2.69. The molecule has 5 saturated heterocycles. The summed E-state index contributed by atoms with van der Waals surface area (Å²) in [4.78, 5) is 0. The van der Waals surface area contributed by atoms with E-state index in [4.69, 9.17) is 0 Å². The van der Waals surface area contributed by atoms with E-state index in [0.29, 0.717) is 0 Å². The summed E-state index contributed by atoms with van der Waals surface area (Å²) in [5.41, 5.74) is 0. The van der Waals surface area contributed by atoms with Crippen LogP contribution < -0.4 is 0 Å². The highest BCUT2D eigenvalue weighted by molar-refractivity contribution is 8.14. The van der Waals surface area contributed by atoms with Gasteiger partial charge in [-0.05, 0) is 0 Å². The normalized spacial score (nSPS) is 36.0. The van der Waals surface area contributed by atoms with Gasteiger partial charge in [-0.15, -0.1) is 0 Å². The Morgan fingerprint density at radius 1 is 0.208 bits per heavy atom. The van der Waals surface area contributed by atoms with E-state index < -0.39 is 28.4 Å². The van der Waals surface area contributed by atoms with Gasteiger partial charge in [0.15, 0.2) is 0 Å². The maximum absolute atomic E-state index is 1.93. The Hall–Kier alpha value is 0.868. The molecule has 0 aromatic rings. The van der Waals surface area contributed by atoms with Crippen molar-refractivity contribution in [2.45, 2.75) is 125 Å². The van der Waals surface area contributed by atoms with Gasteiger partial charge in [0.05, 0.1) is 0 Å². The molecule has 0 unspecified atom stereocenters. The smallest absolute Gasteiger partial charge is 0.0378 e. The van der Waals surface area contributed by atoms with E-state index >= 15 is 0 Å². The number of hydrogen-bond donors (Lipinski definition) is 0.